The summed E-state index contributed by atoms with van der Waals surface area (Å²) in [5, 5.41) is 14.1. The molecule has 0 spiro atoms. The molecule has 1 heterocycles. The standard InChI is InChI=1S/C17H15BrN4O4S/c1-2-26-11-4-6-14-15(8-11)21-17(20-14)27-9-16(23)19-13-5-3-10(22(24)25)7-12(13)18/h3-8H,2,9H2,1H3,(H,19,23)(H,20,21). The normalized spacial score (nSPS) is 10.7. The number of nitro groups is 1. The van der Waals surface area contributed by atoms with Crippen molar-refractivity contribution >= 4 is 56.0 Å². The number of ether oxygens (including phenoxy) is 1. The van der Waals surface area contributed by atoms with Gasteiger partial charge in [-0.2, -0.15) is 0 Å². The van der Waals surface area contributed by atoms with E-state index in [-0.39, 0.29) is 17.3 Å². The first-order valence-electron chi connectivity index (χ1n) is 7.95. The number of aromatic amines is 1. The molecule has 0 saturated carbocycles. The highest BCUT2D eigenvalue weighted by atomic mass is 79.9. The Kier molecular flexibility index (Phi) is 5.97. The molecule has 3 rings (SSSR count). The Labute approximate surface area is 167 Å². The molecule has 0 saturated heterocycles. The third kappa shape index (κ3) is 4.77. The summed E-state index contributed by atoms with van der Waals surface area (Å²) in [4.78, 5) is 30.0. The second-order valence-corrected chi connectivity index (χ2v) is 7.23. The molecule has 0 atom stereocenters. The average molecular weight is 451 g/mol. The molecule has 1 aromatic heterocycles. The molecule has 1 amide bonds. The molecule has 0 aliphatic heterocycles. The van der Waals surface area contributed by atoms with E-state index < -0.39 is 4.92 Å². The van der Waals surface area contributed by atoms with Gasteiger partial charge in [0.05, 0.1) is 34.0 Å². The maximum absolute atomic E-state index is 12.2. The third-order valence-electron chi connectivity index (χ3n) is 3.52. The Hall–Kier alpha value is -2.59. The Morgan fingerprint density at radius 2 is 2.19 bits per heavy atom. The lowest BCUT2D eigenvalue weighted by atomic mass is 10.3. The molecule has 2 aromatic carbocycles. The summed E-state index contributed by atoms with van der Waals surface area (Å²) in [6, 6.07) is 9.74. The maximum Gasteiger partial charge on any atom is 0.270 e. The number of fused-ring (bicyclic) bond motifs is 1. The van der Waals surface area contributed by atoms with Crippen LogP contribution in [-0.4, -0.2) is 33.2 Å². The van der Waals surface area contributed by atoms with Crippen molar-refractivity contribution in [3.63, 3.8) is 0 Å². The van der Waals surface area contributed by atoms with E-state index in [4.69, 9.17) is 4.74 Å². The van der Waals surface area contributed by atoms with Crippen molar-refractivity contribution in [1.29, 1.82) is 0 Å². The minimum absolute atomic E-state index is 0.0528. The van der Waals surface area contributed by atoms with Gasteiger partial charge in [-0.15, -0.1) is 0 Å². The molecule has 0 aliphatic carbocycles. The highest BCUT2D eigenvalue weighted by molar-refractivity contribution is 9.10. The van der Waals surface area contributed by atoms with Crippen molar-refractivity contribution in [3.8, 4) is 5.75 Å². The van der Waals surface area contributed by atoms with Crippen LogP contribution in [0.1, 0.15) is 6.92 Å². The van der Waals surface area contributed by atoms with Gasteiger partial charge in [-0.25, -0.2) is 4.98 Å². The lowest BCUT2D eigenvalue weighted by Gasteiger charge is -2.06. The fourth-order valence-electron chi connectivity index (χ4n) is 2.33. The Morgan fingerprint density at radius 1 is 1.37 bits per heavy atom. The molecule has 0 aliphatic rings. The molecule has 3 aromatic rings. The fourth-order valence-corrected chi connectivity index (χ4v) is 3.48. The molecule has 0 unspecified atom stereocenters. The van der Waals surface area contributed by atoms with Gasteiger partial charge in [0, 0.05) is 22.7 Å². The molecule has 140 valence electrons. The molecule has 8 nitrogen and oxygen atoms in total. The summed E-state index contributed by atoms with van der Waals surface area (Å²) in [5.41, 5.74) is 2.04. The van der Waals surface area contributed by atoms with E-state index in [2.05, 4.69) is 31.2 Å². The van der Waals surface area contributed by atoms with Gasteiger partial charge < -0.3 is 15.0 Å². The molecule has 0 bridgehead atoms. The number of hydrogen-bond donors (Lipinski definition) is 2. The lowest BCUT2D eigenvalue weighted by Crippen LogP contribution is -2.14. The minimum Gasteiger partial charge on any atom is -0.494 e. The van der Waals surface area contributed by atoms with Crippen molar-refractivity contribution in [3.05, 3.63) is 51.0 Å². The number of H-pyrrole nitrogens is 1. The number of nitrogens with one attached hydrogen (secondary N) is 2. The number of nitro benzene ring substituents is 1. The number of rotatable bonds is 7. The van der Waals surface area contributed by atoms with Crippen molar-refractivity contribution in [1.82, 2.24) is 9.97 Å². The number of aromatic nitrogens is 2. The summed E-state index contributed by atoms with van der Waals surface area (Å²) in [7, 11) is 0. The van der Waals surface area contributed by atoms with Gasteiger partial charge in [-0.05, 0) is 41.1 Å². The number of carbonyl (C=O) groups is 1. The number of amides is 1. The predicted octanol–water partition coefficient (Wildman–Crippen LogP) is 4.36. The van der Waals surface area contributed by atoms with Gasteiger partial charge in [0.15, 0.2) is 5.16 Å². The van der Waals surface area contributed by atoms with Crippen LogP contribution in [0.25, 0.3) is 11.0 Å². The van der Waals surface area contributed by atoms with Crippen LogP contribution in [-0.2, 0) is 4.79 Å². The summed E-state index contributed by atoms with van der Waals surface area (Å²) in [6.45, 7) is 2.50. The summed E-state index contributed by atoms with van der Waals surface area (Å²) >= 11 is 4.49. The first kappa shape index (κ1) is 19.2. The van der Waals surface area contributed by atoms with Crippen LogP contribution in [0.4, 0.5) is 11.4 Å². The lowest BCUT2D eigenvalue weighted by molar-refractivity contribution is -0.384. The van der Waals surface area contributed by atoms with E-state index in [9.17, 15) is 14.9 Å². The van der Waals surface area contributed by atoms with Gasteiger partial charge in [-0.3, -0.25) is 14.9 Å². The average Bonchev–Trinajstić information content (AvgIpc) is 3.04. The second kappa shape index (κ2) is 8.40. The van der Waals surface area contributed by atoms with Crippen LogP contribution in [0.15, 0.2) is 46.0 Å². The van der Waals surface area contributed by atoms with Crippen LogP contribution in [0.5, 0.6) is 5.75 Å². The topological polar surface area (TPSA) is 110 Å². The maximum atomic E-state index is 12.2. The van der Waals surface area contributed by atoms with Crippen LogP contribution >= 0.6 is 27.7 Å². The number of anilines is 1. The molecule has 10 heteroatoms. The van der Waals surface area contributed by atoms with Crippen molar-refractivity contribution in [2.24, 2.45) is 0 Å². The number of hydrogen-bond acceptors (Lipinski definition) is 6. The number of imidazole rings is 1. The third-order valence-corrected chi connectivity index (χ3v) is 5.05. The summed E-state index contributed by atoms with van der Waals surface area (Å²) in [6.07, 6.45) is 0. The Balaban J connectivity index is 1.62. The predicted molar refractivity (Wildman–Crippen MR) is 107 cm³/mol. The van der Waals surface area contributed by atoms with E-state index in [1.54, 1.807) is 0 Å². The van der Waals surface area contributed by atoms with Crippen LogP contribution in [0.3, 0.4) is 0 Å². The van der Waals surface area contributed by atoms with Crippen LogP contribution < -0.4 is 10.1 Å². The SMILES string of the molecule is CCOc1ccc2nc(SCC(=O)Nc3ccc([N+](=O)[O-])cc3Br)[nH]c2c1. The van der Waals surface area contributed by atoms with Crippen LogP contribution in [0.2, 0.25) is 0 Å². The number of non-ortho nitro benzene ring substituents is 1. The van der Waals surface area contributed by atoms with Crippen LogP contribution in [0, 0.1) is 10.1 Å². The molecular formula is C17H15BrN4O4S. The van der Waals surface area contributed by atoms with E-state index in [0.717, 1.165) is 16.8 Å². The zero-order valence-electron chi connectivity index (χ0n) is 14.2. The zero-order chi connectivity index (χ0) is 19.4. The van der Waals surface area contributed by atoms with E-state index in [1.807, 2.05) is 25.1 Å². The van der Waals surface area contributed by atoms with E-state index >= 15 is 0 Å². The number of halogens is 1. The fraction of sp³-hybridized carbons (Fsp3) is 0.176. The van der Waals surface area contributed by atoms with E-state index in [1.165, 1.54) is 30.0 Å². The first-order chi connectivity index (χ1) is 13.0. The van der Waals surface area contributed by atoms with Crippen molar-refractivity contribution in [2.75, 3.05) is 17.7 Å². The summed E-state index contributed by atoms with van der Waals surface area (Å²) in [5.74, 6) is 0.651. The highest BCUT2D eigenvalue weighted by Crippen LogP contribution is 2.28. The number of carbonyl (C=O) groups excluding carboxylic acids is 1. The van der Waals surface area contributed by atoms with Crippen molar-refractivity contribution in [2.45, 2.75) is 12.1 Å². The smallest absolute Gasteiger partial charge is 0.270 e. The molecule has 27 heavy (non-hydrogen) atoms. The highest BCUT2D eigenvalue weighted by Gasteiger charge is 2.12. The second-order valence-electron chi connectivity index (χ2n) is 5.41. The zero-order valence-corrected chi connectivity index (χ0v) is 16.6. The Bertz CT molecular complexity index is 1010. The largest absolute Gasteiger partial charge is 0.494 e. The minimum atomic E-state index is -0.495. The monoisotopic (exact) mass is 450 g/mol. The molecule has 0 fully saturated rings. The number of thioether (sulfide) groups is 1. The molecule has 0 radical (unpaired) electrons. The van der Waals surface area contributed by atoms with Gasteiger partial charge in [0.1, 0.15) is 5.75 Å². The number of benzene rings is 2. The van der Waals surface area contributed by atoms with Gasteiger partial charge in [-0.1, -0.05) is 11.8 Å². The summed E-state index contributed by atoms with van der Waals surface area (Å²) < 4.78 is 5.90. The first-order valence-corrected chi connectivity index (χ1v) is 9.73. The quantitative estimate of drug-likeness (QED) is 0.314. The molecule has 2 N–H and O–H groups in total. The van der Waals surface area contributed by atoms with Gasteiger partial charge in [0.25, 0.3) is 5.69 Å². The molecular weight excluding hydrogens is 436 g/mol. The van der Waals surface area contributed by atoms with E-state index in [0.29, 0.717) is 21.9 Å². The number of nitrogens with zero attached hydrogens (tertiary/aromatic N) is 2. The van der Waals surface area contributed by atoms with Crippen molar-refractivity contribution < 1.29 is 14.5 Å². The van der Waals surface area contributed by atoms with Gasteiger partial charge in [0.2, 0.25) is 5.91 Å². The Morgan fingerprint density at radius 3 is 2.89 bits per heavy atom. The van der Waals surface area contributed by atoms with Gasteiger partial charge >= 0.3 is 0 Å².